The second-order valence-corrected chi connectivity index (χ2v) is 7.60. The number of carbonyl (C=O) groups is 2. The summed E-state index contributed by atoms with van der Waals surface area (Å²) in [4.78, 5) is 23.6. The molecule has 0 aromatic heterocycles. The quantitative estimate of drug-likeness (QED) is 0.172. The van der Waals surface area contributed by atoms with Crippen molar-refractivity contribution < 1.29 is 58.7 Å². The Labute approximate surface area is 162 Å². The molecule has 0 bridgehead atoms. The predicted octanol–water partition coefficient (Wildman–Crippen LogP) is 2.39. The van der Waals surface area contributed by atoms with Gasteiger partial charge in [-0.05, 0) is 25.7 Å². The van der Waals surface area contributed by atoms with Crippen molar-refractivity contribution in [2.24, 2.45) is 0 Å². The Morgan fingerprint density at radius 2 is 1.66 bits per heavy atom. The Kier molecular flexibility index (Phi) is 8.13. The van der Waals surface area contributed by atoms with Gasteiger partial charge in [0, 0.05) is 12.5 Å². The van der Waals surface area contributed by atoms with Crippen molar-refractivity contribution in [1.82, 2.24) is 0 Å². The number of carbonyl (C=O) groups excluding carboxylic acids is 2. The van der Waals surface area contributed by atoms with E-state index in [4.69, 9.17) is 4.74 Å². The molecule has 168 valence electrons. The van der Waals surface area contributed by atoms with E-state index in [0.717, 1.165) is 6.42 Å². The SMILES string of the molecule is C=CC(=O)OC(OCCC(F)(F)S(=O)(=O)[O-])(C(=O)OC1CCCCC1)C(F)(F)F. The number of ether oxygens (including phenoxy) is 3. The molecule has 1 unspecified atom stereocenters. The van der Waals surface area contributed by atoms with Gasteiger partial charge in [-0.1, -0.05) is 13.0 Å². The molecule has 0 amide bonds. The summed E-state index contributed by atoms with van der Waals surface area (Å²) in [7, 11) is -6.21. The second-order valence-electron chi connectivity index (χ2n) is 6.09. The molecular weight excluding hydrogens is 435 g/mol. The molecule has 1 fully saturated rings. The number of alkyl halides is 5. The van der Waals surface area contributed by atoms with E-state index in [0.29, 0.717) is 12.8 Å². The Morgan fingerprint density at radius 3 is 2.10 bits per heavy atom. The third kappa shape index (κ3) is 6.34. The van der Waals surface area contributed by atoms with Crippen LogP contribution in [0.15, 0.2) is 12.7 Å². The zero-order valence-electron chi connectivity index (χ0n) is 14.9. The summed E-state index contributed by atoms with van der Waals surface area (Å²) in [6, 6.07) is 0. The first-order valence-corrected chi connectivity index (χ1v) is 9.67. The molecule has 14 heteroatoms. The van der Waals surface area contributed by atoms with Crippen LogP contribution in [-0.2, 0) is 33.9 Å². The smallest absolute Gasteiger partial charge is 0.468 e. The summed E-state index contributed by atoms with van der Waals surface area (Å²) in [6.07, 6.45) is -6.19. The number of esters is 2. The van der Waals surface area contributed by atoms with Crippen LogP contribution in [0, 0.1) is 0 Å². The third-order valence-corrected chi connectivity index (χ3v) is 4.88. The van der Waals surface area contributed by atoms with Crippen molar-refractivity contribution in [2.45, 2.75) is 61.8 Å². The van der Waals surface area contributed by atoms with Crippen molar-refractivity contribution in [3.8, 4) is 0 Å². The molecule has 0 spiro atoms. The minimum Gasteiger partial charge on any atom is -0.743 e. The van der Waals surface area contributed by atoms with E-state index in [2.05, 4.69) is 16.1 Å². The topological polar surface area (TPSA) is 119 Å². The molecular formula is C15H18F5O8S-. The van der Waals surface area contributed by atoms with Gasteiger partial charge >= 0.3 is 29.2 Å². The van der Waals surface area contributed by atoms with Gasteiger partial charge in [-0.3, -0.25) is 0 Å². The minimum atomic E-state index is -6.21. The first-order chi connectivity index (χ1) is 13.2. The number of hydrogen-bond acceptors (Lipinski definition) is 8. The van der Waals surface area contributed by atoms with Gasteiger partial charge in [0.15, 0.2) is 10.1 Å². The normalized spacial score (nSPS) is 18.6. The van der Waals surface area contributed by atoms with Crippen LogP contribution in [0.1, 0.15) is 38.5 Å². The summed E-state index contributed by atoms with van der Waals surface area (Å²) in [6.45, 7) is 1.08. The average Bonchev–Trinajstić information content (AvgIpc) is 2.59. The molecule has 0 saturated heterocycles. The molecule has 0 N–H and O–H groups in total. The lowest BCUT2D eigenvalue weighted by atomic mass is 9.98. The van der Waals surface area contributed by atoms with Crippen molar-refractivity contribution in [3.63, 3.8) is 0 Å². The maximum Gasteiger partial charge on any atom is 0.468 e. The fourth-order valence-corrected chi connectivity index (χ4v) is 2.75. The summed E-state index contributed by atoms with van der Waals surface area (Å²) >= 11 is 0. The van der Waals surface area contributed by atoms with Crippen LogP contribution >= 0.6 is 0 Å². The lowest BCUT2D eigenvalue weighted by Crippen LogP contribution is -2.59. The zero-order valence-corrected chi connectivity index (χ0v) is 15.7. The molecule has 0 aromatic rings. The van der Waals surface area contributed by atoms with Gasteiger partial charge in [-0.15, -0.1) is 0 Å². The van der Waals surface area contributed by atoms with E-state index >= 15 is 0 Å². The van der Waals surface area contributed by atoms with Crippen LogP contribution in [0.25, 0.3) is 0 Å². The van der Waals surface area contributed by atoms with E-state index in [-0.39, 0.29) is 18.9 Å². The zero-order chi connectivity index (χ0) is 22.5. The highest BCUT2D eigenvalue weighted by Crippen LogP contribution is 2.38. The van der Waals surface area contributed by atoms with Gasteiger partial charge in [-0.25, -0.2) is 18.0 Å². The lowest BCUT2D eigenvalue weighted by molar-refractivity contribution is -0.356. The van der Waals surface area contributed by atoms with Crippen molar-refractivity contribution in [3.05, 3.63) is 12.7 Å². The Balaban J connectivity index is 3.14. The van der Waals surface area contributed by atoms with E-state index in [9.17, 15) is 44.5 Å². The van der Waals surface area contributed by atoms with Gasteiger partial charge in [0.1, 0.15) is 6.10 Å². The van der Waals surface area contributed by atoms with Crippen molar-refractivity contribution in [1.29, 1.82) is 0 Å². The first-order valence-electron chi connectivity index (χ1n) is 8.27. The maximum atomic E-state index is 13.6. The van der Waals surface area contributed by atoms with E-state index in [1.54, 1.807) is 0 Å². The van der Waals surface area contributed by atoms with Gasteiger partial charge < -0.3 is 18.8 Å². The monoisotopic (exact) mass is 453 g/mol. The molecule has 0 radical (unpaired) electrons. The minimum absolute atomic E-state index is 0.224. The van der Waals surface area contributed by atoms with Crippen LogP contribution in [-0.4, -0.2) is 54.8 Å². The third-order valence-electron chi connectivity index (χ3n) is 3.94. The summed E-state index contributed by atoms with van der Waals surface area (Å²) in [5, 5.41) is -4.99. The van der Waals surface area contributed by atoms with Crippen molar-refractivity contribution in [2.75, 3.05) is 6.61 Å². The van der Waals surface area contributed by atoms with Crippen LogP contribution < -0.4 is 0 Å². The molecule has 1 atom stereocenters. The fourth-order valence-electron chi connectivity index (χ4n) is 2.42. The summed E-state index contributed by atoms with van der Waals surface area (Å²) in [5.74, 6) is -8.45. The second kappa shape index (κ2) is 9.34. The molecule has 1 aliphatic carbocycles. The largest absolute Gasteiger partial charge is 0.743 e. The van der Waals surface area contributed by atoms with Gasteiger partial charge in [-0.2, -0.15) is 22.0 Å². The highest BCUT2D eigenvalue weighted by Gasteiger charge is 2.68. The standard InChI is InChI=1S/C15H19F5O8S/c1-2-11(21)28-14(15(18,19)20,12(22)27-10-6-4-3-5-7-10)26-9-8-13(16,17)29(23,24)25/h2,10H,1,3-9H2,(H,23,24,25)/p-1. The van der Waals surface area contributed by atoms with E-state index in [1.165, 1.54) is 0 Å². The molecule has 0 aliphatic heterocycles. The van der Waals surface area contributed by atoms with Gasteiger partial charge in [0.05, 0.1) is 6.61 Å². The van der Waals surface area contributed by atoms with Crippen molar-refractivity contribution >= 4 is 22.1 Å². The van der Waals surface area contributed by atoms with Gasteiger partial charge in [0.25, 0.3) is 0 Å². The molecule has 29 heavy (non-hydrogen) atoms. The predicted molar refractivity (Wildman–Crippen MR) is 83.3 cm³/mol. The molecule has 1 saturated carbocycles. The van der Waals surface area contributed by atoms with Crippen LogP contribution in [0.2, 0.25) is 0 Å². The molecule has 1 rings (SSSR count). The van der Waals surface area contributed by atoms with Crippen LogP contribution in [0.3, 0.4) is 0 Å². The average molecular weight is 453 g/mol. The Morgan fingerprint density at radius 1 is 1.10 bits per heavy atom. The van der Waals surface area contributed by atoms with Crippen LogP contribution in [0.5, 0.6) is 0 Å². The Hall–Kier alpha value is -1.80. The number of rotatable bonds is 9. The van der Waals surface area contributed by atoms with Crippen LogP contribution in [0.4, 0.5) is 22.0 Å². The molecule has 1 aliphatic rings. The lowest BCUT2D eigenvalue weighted by Gasteiger charge is -2.34. The molecule has 0 heterocycles. The number of halogens is 5. The van der Waals surface area contributed by atoms with E-state index in [1.807, 2.05) is 0 Å². The molecule has 0 aromatic carbocycles. The maximum absolute atomic E-state index is 13.6. The Bertz CT molecular complexity index is 715. The summed E-state index contributed by atoms with van der Waals surface area (Å²) in [5.41, 5.74) is 0. The number of hydrogen-bond donors (Lipinski definition) is 0. The van der Waals surface area contributed by atoms with Gasteiger partial charge in [0.2, 0.25) is 0 Å². The first kappa shape index (κ1) is 25.2. The summed E-state index contributed by atoms with van der Waals surface area (Å²) < 4.78 is 111. The highest BCUT2D eigenvalue weighted by atomic mass is 32.2. The fraction of sp³-hybridized carbons (Fsp3) is 0.733. The highest BCUT2D eigenvalue weighted by molar-refractivity contribution is 7.86. The molecule has 8 nitrogen and oxygen atoms in total. The van der Waals surface area contributed by atoms with E-state index < -0.39 is 58.4 Å².